The Morgan fingerprint density at radius 3 is 2.38 bits per heavy atom. The second kappa shape index (κ2) is 9.08. The van der Waals surface area contributed by atoms with Crippen molar-refractivity contribution in [2.75, 3.05) is 45.5 Å². The molecule has 0 spiro atoms. The predicted molar refractivity (Wildman–Crippen MR) is 89.0 cm³/mol. The predicted octanol–water partition coefficient (Wildman–Crippen LogP) is 1.37. The summed E-state index contributed by atoms with van der Waals surface area (Å²) in [5, 5.41) is 3.58. The first-order valence-electron chi connectivity index (χ1n) is 8.23. The van der Waals surface area contributed by atoms with Gasteiger partial charge in [0.05, 0.1) is 6.26 Å². The third-order valence-corrected chi connectivity index (χ3v) is 5.43. The molecule has 1 fully saturated rings. The molecular weight excluding hydrogens is 286 g/mol. The van der Waals surface area contributed by atoms with Crippen molar-refractivity contribution in [3.05, 3.63) is 0 Å². The summed E-state index contributed by atoms with van der Waals surface area (Å²) in [6.07, 6.45) is 4.58. The average molecular weight is 320 g/mol. The molecule has 0 amide bonds. The summed E-state index contributed by atoms with van der Waals surface area (Å²) in [6, 6.07) is 0.599. The molecule has 21 heavy (non-hydrogen) atoms. The van der Waals surface area contributed by atoms with Crippen LogP contribution in [0.15, 0.2) is 0 Å². The van der Waals surface area contributed by atoms with Crippen LogP contribution in [0.5, 0.6) is 0 Å². The summed E-state index contributed by atoms with van der Waals surface area (Å²) < 4.78 is 24.5. The SMILES string of the molecule is CCN(CCCNC1CCN(CC(C)C)CC1)S(C)(=O)=O. The van der Waals surface area contributed by atoms with Crippen LogP contribution in [-0.4, -0.2) is 69.2 Å². The Balaban J connectivity index is 2.15. The highest BCUT2D eigenvalue weighted by Crippen LogP contribution is 2.12. The standard InChI is InChI=1S/C15H33N3O2S/c1-5-18(21(4,19)20)10-6-9-16-15-7-11-17(12-8-15)13-14(2)3/h14-16H,5-13H2,1-4H3. The molecule has 0 atom stereocenters. The van der Waals surface area contributed by atoms with Crippen LogP contribution in [0.2, 0.25) is 0 Å². The second-order valence-corrected chi connectivity index (χ2v) is 8.51. The van der Waals surface area contributed by atoms with Gasteiger partial charge in [-0.1, -0.05) is 20.8 Å². The van der Waals surface area contributed by atoms with Gasteiger partial charge in [-0.15, -0.1) is 0 Å². The van der Waals surface area contributed by atoms with E-state index in [1.807, 2.05) is 6.92 Å². The van der Waals surface area contributed by atoms with Crippen molar-refractivity contribution in [1.82, 2.24) is 14.5 Å². The van der Waals surface area contributed by atoms with Crippen molar-refractivity contribution in [1.29, 1.82) is 0 Å². The van der Waals surface area contributed by atoms with E-state index in [-0.39, 0.29) is 0 Å². The summed E-state index contributed by atoms with van der Waals surface area (Å²) in [7, 11) is -3.04. The number of sulfonamides is 1. The number of piperidine rings is 1. The van der Waals surface area contributed by atoms with E-state index in [4.69, 9.17) is 0 Å². The number of likely N-dealkylation sites (tertiary alicyclic amines) is 1. The van der Waals surface area contributed by atoms with Gasteiger partial charge in [0.1, 0.15) is 0 Å². The second-order valence-electron chi connectivity index (χ2n) is 6.53. The van der Waals surface area contributed by atoms with E-state index in [0.29, 0.717) is 19.1 Å². The maximum Gasteiger partial charge on any atom is 0.211 e. The van der Waals surface area contributed by atoms with Gasteiger partial charge in [0.2, 0.25) is 10.0 Å². The molecule has 1 rings (SSSR count). The number of nitrogens with one attached hydrogen (secondary N) is 1. The molecule has 0 bridgehead atoms. The van der Waals surface area contributed by atoms with Crippen LogP contribution < -0.4 is 5.32 Å². The van der Waals surface area contributed by atoms with E-state index in [9.17, 15) is 8.42 Å². The van der Waals surface area contributed by atoms with Gasteiger partial charge in [-0.25, -0.2) is 12.7 Å². The Hall–Kier alpha value is -0.170. The largest absolute Gasteiger partial charge is 0.314 e. The summed E-state index contributed by atoms with van der Waals surface area (Å²) in [4.78, 5) is 2.55. The summed E-state index contributed by atoms with van der Waals surface area (Å²) in [5.74, 6) is 0.741. The quantitative estimate of drug-likeness (QED) is 0.652. The van der Waals surface area contributed by atoms with Gasteiger partial charge in [-0.05, 0) is 44.8 Å². The monoisotopic (exact) mass is 319 g/mol. The topological polar surface area (TPSA) is 52.6 Å². The van der Waals surface area contributed by atoms with Gasteiger partial charge >= 0.3 is 0 Å². The van der Waals surface area contributed by atoms with Gasteiger partial charge < -0.3 is 10.2 Å². The van der Waals surface area contributed by atoms with Crippen LogP contribution in [0.1, 0.15) is 40.0 Å². The average Bonchev–Trinajstić information content (AvgIpc) is 2.38. The molecule has 0 aromatic rings. The Kier molecular flexibility index (Phi) is 8.16. The molecule has 1 N–H and O–H groups in total. The Labute approximate surface area is 131 Å². The molecule has 0 radical (unpaired) electrons. The van der Waals surface area contributed by atoms with Gasteiger partial charge in [0, 0.05) is 25.7 Å². The van der Waals surface area contributed by atoms with Crippen molar-refractivity contribution in [2.45, 2.75) is 46.1 Å². The molecule has 1 aliphatic heterocycles. The third kappa shape index (κ3) is 7.58. The zero-order valence-corrected chi connectivity index (χ0v) is 15.0. The maximum atomic E-state index is 11.5. The molecule has 0 aromatic heterocycles. The maximum absolute atomic E-state index is 11.5. The molecule has 5 nitrogen and oxygen atoms in total. The van der Waals surface area contributed by atoms with E-state index in [1.165, 1.54) is 38.7 Å². The van der Waals surface area contributed by atoms with Gasteiger partial charge in [0.15, 0.2) is 0 Å². The number of nitrogens with zero attached hydrogens (tertiary/aromatic N) is 2. The van der Waals surface area contributed by atoms with Crippen molar-refractivity contribution < 1.29 is 8.42 Å². The van der Waals surface area contributed by atoms with Crippen LogP contribution >= 0.6 is 0 Å². The minimum Gasteiger partial charge on any atom is -0.314 e. The van der Waals surface area contributed by atoms with Crippen molar-refractivity contribution in [3.8, 4) is 0 Å². The van der Waals surface area contributed by atoms with Crippen LogP contribution in [-0.2, 0) is 10.0 Å². The number of hydrogen-bond donors (Lipinski definition) is 1. The van der Waals surface area contributed by atoms with Crippen molar-refractivity contribution >= 4 is 10.0 Å². The normalized spacial score (nSPS) is 18.8. The molecule has 126 valence electrons. The lowest BCUT2D eigenvalue weighted by Gasteiger charge is -2.33. The first kappa shape index (κ1) is 18.9. The van der Waals surface area contributed by atoms with Crippen molar-refractivity contribution in [3.63, 3.8) is 0 Å². The lowest BCUT2D eigenvalue weighted by Crippen LogP contribution is -2.44. The Bertz CT molecular complexity index is 376. The third-order valence-electron chi connectivity index (χ3n) is 4.05. The van der Waals surface area contributed by atoms with Crippen LogP contribution in [0.3, 0.4) is 0 Å². The molecule has 1 heterocycles. The van der Waals surface area contributed by atoms with E-state index >= 15 is 0 Å². The zero-order valence-electron chi connectivity index (χ0n) is 14.1. The van der Waals surface area contributed by atoms with Crippen LogP contribution in [0.4, 0.5) is 0 Å². The van der Waals surface area contributed by atoms with Gasteiger partial charge in [-0.3, -0.25) is 0 Å². The molecule has 0 aliphatic carbocycles. The summed E-state index contributed by atoms with van der Waals surface area (Å²) in [6.45, 7) is 12.1. The summed E-state index contributed by atoms with van der Waals surface area (Å²) >= 11 is 0. The summed E-state index contributed by atoms with van der Waals surface area (Å²) in [5.41, 5.74) is 0. The van der Waals surface area contributed by atoms with E-state index in [0.717, 1.165) is 18.9 Å². The van der Waals surface area contributed by atoms with E-state index in [1.54, 1.807) is 4.31 Å². The lowest BCUT2D eigenvalue weighted by molar-refractivity contribution is 0.180. The lowest BCUT2D eigenvalue weighted by atomic mass is 10.0. The first-order valence-corrected chi connectivity index (χ1v) is 10.1. The van der Waals surface area contributed by atoms with Crippen LogP contribution in [0.25, 0.3) is 0 Å². The van der Waals surface area contributed by atoms with E-state index < -0.39 is 10.0 Å². The minimum atomic E-state index is -3.04. The van der Waals surface area contributed by atoms with Gasteiger partial charge in [0.25, 0.3) is 0 Å². The molecule has 6 heteroatoms. The van der Waals surface area contributed by atoms with Crippen molar-refractivity contribution in [2.24, 2.45) is 5.92 Å². The fourth-order valence-electron chi connectivity index (χ4n) is 2.96. The molecule has 1 aliphatic rings. The molecule has 0 unspecified atom stereocenters. The van der Waals surface area contributed by atoms with E-state index in [2.05, 4.69) is 24.1 Å². The van der Waals surface area contributed by atoms with Gasteiger partial charge in [-0.2, -0.15) is 0 Å². The number of rotatable bonds is 9. The zero-order chi connectivity index (χ0) is 15.9. The smallest absolute Gasteiger partial charge is 0.211 e. The highest BCUT2D eigenvalue weighted by atomic mass is 32.2. The molecule has 0 saturated carbocycles. The molecule has 0 aromatic carbocycles. The molecule has 1 saturated heterocycles. The highest BCUT2D eigenvalue weighted by Gasteiger charge is 2.19. The fraction of sp³-hybridized carbons (Fsp3) is 1.00. The molecular formula is C15H33N3O2S. The minimum absolute atomic E-state index is 0.562. The Morgan fingerprint density at radius 1 is 1.29 bits per heavy atom. The number of hydrogen-bond acceptors (Lipinski definition) is 4. The highest BCUT2D eigenvalue weighted by molar-refractivity contribution is 7.88. The first-order chi connectivity index (χ1) is 9.82. The Morgan fingerprint density at radius 2 is 1.90 bits per heavy atom. The fourth-order valence-corrected chi connectivity index (χ4v) is 3.89. The van der Waals surface area contributed by atoms with Crippen LogP contribution in [0, 0.1) is 5.92 Å².